The Labute approximate surface area is 360 Å². The summed E-state index contributed by atoms with van der Waals surface area (Å²) in [4.78, 5) is 10.8. The van der Waals surface area contributed by atoms with E-state index >= 15 is 0 Å². The number of nitrogens with zero attached hydrogens (tertiary/aromatic N) is 2. The van der Waals surface area contributed by atoms with Gasteiger partial charge >= 0.3 is 0 Å². The molecule has 2 heterocycles. The molecule has 0 saturated carbocycles. The predicted molar refractivity (Wildman–Crippen MR) is 254 cm³/mol. The summed E-state index contributed by atoms with van der Waals surface area (Å²) >= 11 is 0. The standard InChI is InChI=1S/C59H38N2O/c1-4-19-39(20-5-1)58-60-53(46-28-12-10-25-43(46)40-35-36-56-51(37-40)48-30-15-17-34-55(48)62-56)38-54(61-58)47-29-13-11-26-44(47)49-31-18-32-50-45-27-14-16-33-52(45)59(57(49)50,41-21-6-2-7-22-41)42-23-8-3-9-24-42/h1-38H. The second-order valence-electron chi connectivity index (χ2n) is 16.0. The van der Waals surface area contributed by atoms with Gasteiger partial charge in [-0.15, -0.1) is 0 Å². The molecule has 0 unspecified atom stereocenters. The SMILES string of the molecule is c1ccc(-c2nc(-c3ccccc3-c3ccc4oc5ccccc5c4c3)cc(-c3ccccc3-c3cccc4c3C(c3ccccc3)(c3ccccc3)c3ccccc3-4)n2)cc1. The van der Waals surface area contributed by atoms with Crippen molar-refractivity contribution in [3.8, 4) is 67.3 Å². The van der Waals surface area contributed by atoms with E-state index in [0.29, 0.717) is 5.82 Å². The molecule has 3 heteroatoms. The van der Waals surface area contributed by atoms with E-state index in [2.05, 4.69) is 212 Å². The number of fused-ring (bicyclic) bond motifs is 6. The fourth-order valence-corrected chi connectivity index (χ4v) is 9.96. The smallest absolute Gasteiger partial charge is 0.160 e. The van der Waals surface area contributed by atoms with E-state index in [1.165, 1.54) is 38.9 Å². The van der Waals surface area contributed by atoms with Crippen LogP contribution in [0.4, 0.5) is 0 Å². The molecule has 12 rings (SSSR count). The molecule has 0 N–H and O–H groups in total. The van der Waals surface area contributed by atoms with E-state index in [1.807, 2.05) is 18.2 Å². The van der Waals surface area contributed by atoms with Crippen LogP contribution >= 0.6 is 0 Å². The molecule has 0 spiro atoms. The number of para-hydroxylation sites is 1. The summed E-state index contributed by atoms with van der Waals surface area (Å²) < 4.78 is 6.22. The second-order valence-corrected chi connectivity index (χ2v) is 16.0. The van der Waals surface area contributed by atoms with Crippen molar-refractivity contribution in [2.24, 2.45) is 0 Å². The van der Waals surface area contributed by atoms with Crippen LogP contribution in [-0.4, -0.2) is 9.97 Å². The first-order valence-corrected chi connectivity index (χ1v) is 21.2. The van der Waals surface area contributed by atoms with Crippen molar-refractivity contribution in [1.82, 2.24) is 9.97 Å². The summed E-state index contributed by atoms with van der Waals surface area (Å²) in [6.07, 6.45) is 0. The van der Waals surface area contributed by atoms with Crippen molar-refractivity contribution in [1.29, 1.82) is 0 Å². The van der Waals surface area contributed by atoms with Crippen LogP contribution < -0.4 is 0 Å². The molecule has 0 bridgehead atoms. The summed E-state index contributed by atoms with van der Waals surface area (Å²) in [5.41, 5.74) is 17.9. The van der Waals surface area contributed by atoms with Crippen LogP contribution in [-0.2, 0) is 5.41 Å². The van der Waals surface area contributed by atoms with Crippen molar-refractivity contribution < 1.29 is 4.42 Å². The quantitative estimate of drug-likeness (QED) is 0.161. The van der Waals surface area contributed by atoms with Crippen LogP contribution in [0.3, 0.4) is 0 Å². The number of hydrogen-bond donors (Lipinski definition) is 0. The molecule has 0 aliphatic heterocycles. The molecule has 9 aromatic carbocycles. The lowest BCUT2D eigenvalue weighted by atomic mass is 9.66. The first kappa shape index (κ1) is 35.8. The lowest BCUT2D eigenvalue weighted by molar-refractivity contribution is 0.669. The molecule has 0 radical (unpaired) electrons. The highest BCUT2D eigenvalue weighted by atomic mass is 16.3. The Morgan fingerprint density at radius 2 is 0.823 bits per heavy atom. The Morgan fingerprint density at radius 3 is 1.52 bits per heavy atom. The molecule has 11 aromatic rings. The van der Waals surface area contributed by atoms with Crippen molar-refractivity contribution in [2.75, 3.05) is 0 Å². The minimum absolute atomic E-state index is 0.565. The molecular weight excluding hydrogens is 753 g/mol. The number of rotatable bonds is 7. The van der Waals surface area contributed by atoms with Crippen molar-refractivity contribution in [3.05, 3.63) is 253 Å². The molecule has 62 heavy (non-hydrogen) atoms. The Morgan fingerprint density at radius 1 is 0.323 bits per heavy atom. The maximum absolute atomic E-state index is 6.22. The zero-order chi connectivity index (χ0) is 41.0. The summed E-state index contributed by atoms with van der Waals surface area (Å²) in [6.45, 7) is 0. The van der Waals surface area contributed by atoms with Gasteiger partial charge in [0.15, 0.2) is 5.82 Å². The summed E-state index contributed by atoms with van der Waals surface area (Å²) in [7, 11) is 0. The number of aromatic nitrogens is 2. The highest BCUT2D eigenvalue weighted by molar-refractivity contribution is 6.07. The van der Waals surface area contributed by atoms with Crippen LogP contribution in [0.1, 0.15) is 22.3 Å². The fourth-order valence-electron chi connectivity index (χ4n) is 9.96. The maximum Gasteiger partial charge on any atom is 0.160 e. The minimum Gasteiger partial charge on any atom is -0.456 e. The van der Waals surface area contributed by atoms with E-state index in [1.54, 1.807) is 0 Å². The van der Waals surface area contributed by atoms with Gasteiger partial charge in [-0.05, 0) is 79.9 Å². The van der Waals surface area contributed by atoms with E-state index in [0.717, 1.165) is 66.7 Å². The predicted octanol–water partition coefficient (Wildman–Crippen LogP) is 15.1. The minimum atomic E-state index is -0.565. The van der Waals surface area contributed by atoms with Gasteiger partial charge in [-0.1, -0.05) is 206 Å². The van der Waals surface area contributed by atoms with Gasteiger partial charge in [0.05, 0.1) is 16.8 Å². The van der Waals surface area contributed by atoms with Gasteiger partial charge in [-0.3, -0.25) is 0 Å². The molecule has 0 amide bonds. The van der Waals surface area contributed by atoms with Crippen LogP contribution in [0.5, 0.6) is 0 Å². The maximum atomic E-state index is 6.22. The van der Waals surface area contributed by atoms with Crippen molar-refractivity contribution in [3.63, 3.8) is 0 Å². The zero-order valence-corrected chi connectivity index (χ0v) is 33.7. The van der Waals surface area contributed by atoms with Gasteiger partial charge in [0, 0.05) is 27.5 Å². The first-order valence-electron chi connectivity index (χ1n) is 21.2. The van der Waals surface area contributed by atoms with Gasteiger partial charge in [-0.2, -0.15) is 0 Å². The topological polar surface area (TPSA) is 38.9 Å². The van der Waals surface area contributed by atoms with E-state index in [4.69, 9.17) is 14.4 Å². The third-order valence-electron chi connectivity index (χ3n) is 12.6. The molecule has 0 atom stereocenters. The summed E-state index contributed by atoms with van der Waals surface area (Å²) in [6, 6.07) is 82.3. The van der Waals surface area contributed by atoms with Gasteiger partial charge in [0.1, 0.15) is 11.2 Å². The lowest BCUT2D eigenvalue weighted by Gasteiger charge is -2.35. The summed E-state index contributed by atoms with van der Waals surface area (Å²) in [5.74, 6) is 0.674. The second kappa shape index (κ2) is 14.5. The molecule has 290 valence electrons. The molecule has 3 nitrogen and oxygen atoms in total. The monoisotopic (exact) mass is 790 g/mol. The van der Waals surface area contributed by atoms with E-state index in [9.17, 15) is 0 Å². The van der Waals surface area contributed by atoms with Gasteiger partial charge in [-0.25, -0.2) is 9.97 Å². The number of furan rings is 1. The van der Waals surface area contributed by atoms with Gasteiger partial charge in [0.25, 0.3) is 0 Å². The van der Waals surface area contributed by atoms with E-state index in [-0.39, 0.29) is 0 Å². The highest BCUT2D eigenvalue weighted by Crippen LogP contribution is 2.59. The Balaban J connectivity index is 1.10. The van der Waals surface area contributed by atoms with Crippen molar-refractivity contribution >= 4 is 21.9 Å². The zero-order valence-electron chi connectivity index (χ0n) is 33.7. The van der Waals surface area contributed by atoms with Crippen LogP contribution in [0.2, 0.25) is 0 Å². The number of benzene rings is 9. The van der Waals surface area contributed by atoms with Crippen LogP contribution in [0.15, 0.2) is 235 Å². The largest absolute Gasteiger partial charge is 0.456 e. The molecule has 0 saturated heterocycles. The Hall–Kier alpha value is -8.14. The normalized spacial score (nSPS) is 12.6. The van der Waals surface area contributed by atoms with E-state index < -0.39 is 5.41 Å². The van der Waals surface area contributed by atoms with Crippen LogP contribution in [0, 0.1) is 0 Å². The molecule has 1 aliphatic rings. The van der Waals surface area contributed by atoms with Gasteiger partial charge in [0.2, 0.25) is 0 Å². The Bertz CT molecular complexity index is 3420. The third kappa shape index (κ3) is 5.59. The van der Waals surface area contributed by atoms with Crippen LogP contribution in [0.25, 0.3) is 89.2 Å². The average Bonchev–Trinajstić information content (AvgIpc) is 3.88. The molecule has 0 fully saturated rings. The molecule has 1 aliphatic carbocycles. The lowest BCUT2D eigenvalue weighted by Crippen LogP contribution is -2.29. The first-order chi connectivity index (χ1) is 30.8. The highest BCUT2D eigenvalue weighted by Gasteiger charge is 2.47. The van der Waals surface area contributed by atoms with Gasteiger partial charge < -0.3 is 4.42 Å². The van der Waals surface area contributed by atoms with Crippen molar-refractivity contribution in [2.45, 2.75) is 5.41 Å². The molecular formula is C59H38N2O. The number of hydrogen-bond acceptors (Lipinski definition) is 3. The third-order valence-corrected chi connectivity index (χ3v) is 12.6. The Kier molecular flexibility index (Phi) is 8.39. The fraction of sp³-hybridized carbons (Fsp3) is 0.0169. The average molecular weight is 791 g/mol. The molecule has 2 aromatic heterocycles. The summed E-state index contributed by atoms with van der Waals surface area (Å²) in [5, 5.41) is 2.20.